The minimum atomic E-state index is -0.426. The zero-order valence-electron chi connectivity index (χ0n) is 9.69. The number of aromatic nitrogens is 2. The van der Waals surface area contributed by atoms with Gasteiger partial charge in [-0.2, -0.15) is 5.10 Å². The van der Waals surface area contributed by atoms with Gasteiger partial charge in [-0.25, -0.2) is 15.4 Å². The lowest BCUT2D eigenvalue weighted by molar-refractivity contribution is -0.120. The van der Waals surface area contributed by atoms with E-state index >= 15 is 0 Å². The number of nitrogens with zero attached hydrogens (tertiary/aromatic N) is 3. The third-order valence-corrected chi connectivity index (χ3v) is 2.18. The number of hydrogen-bond acceptors (Lipinski definition) is 5. The summed E-state index contributed by atoms with van der Waals surface area (Å²) < 4.78 is 0. The SMILES string of the molecule is CC(C)=NNC1=NC(Cc2cnc[nH]2)C(=O)N1. The molecule has 0 radical (unpaired) electrons. The van der Waals surface area contributed by atoms with Crippen molar-refractivity contribution in [1.29, 1.82) is 0 Å². The third-order valence-electron chi connectivity index (χ3n) is 2.18. The van der Waals surface area contributed by atoms with Crippen LogP contribution in [-0.4, -0.2) is 33.6 Å². The molecule has 0 saturated heterocycles. The first-order chi connectivity index (χ1) is 8.15. The van der Waals surface area contributed by atoms with Crippen molar-refractivity contribution in [3.63, 3.8) is 0 Å². The molecular formula is C10H14N6O. The number of amides is 1. The molecule has 0 aliphatic carbocycles. The number of nitrogens with one attached hydrogen (secondary N) is 3. The Bertz CT molecular complexity index is 457. The Balaban J connectivity index is 1.99. The summed E-state index contributed by atoms with van der Waals surface area (Å²) in [4.78, 5) is 22.6. The van der Waals surface area contributed by atoms with Crippen LogP contribution >= 0.6 is 0 Å². The molecule has 1 aliphatic rings. The average molecular weight is 234 g/mol. The Morgan fingerprint density at radius 3 is 3.06 bits per heavy atom. The summed E-state index contributed by atoms with van der Waals surface area (Å²) in [5.41, 5.74) is 4.44. The van der Waals surface area contributed by atoms with E-state index in [4.69, 9.17) is 0 Å². The van der Waals surface area contributed by atoms with Crippen molar-refractivity contribution in [2.24, 2.45) is 10.1 Å². The number of hydrogen-bond donors (Lipinski definition) is 3. The summed E-state index contributed by atoms with van der Waals surface area (Å²) in [6.45, 7) is 3.71. The number of aromatic amines is 1. The van der Waals surface area contributed by atoms with E-state index in [1.807, 2.05) is 13.8 Å². The van der Waals surface area contributed by atoms with Gasteiger partial charge in [-0.3, -0.25) is 10.1 Å². The molecule has 1 aromatic heterocycles. The molecular weight excluding hydrogens is 220 g/mol. The van der Waals surface area contributed by atoms with Crippen LogP contribution in [0.5, 0.6) is 0 Å². The zero-order chi connectivity index (χ0) is 12.3. The fourth-order valence-electron chi connectivity index (χ4n) is 1.41. The van der Waals surface area contributed by atoms with Gasteiger partial charge in [-0.1, -0.05) is 0 Å². The monoisotopic (exact) mass is 234 g/mol. The number of guanidine groups is 1. The molecule has 1 aliphatic heterocycles. The number of aliphatic imine (C=N–C) groups is 1. The van der Waals surface area contributed by atoms with Crippen molar-refractivity contribution in [2.75, 3.05) is 0 Å². The predicted molar refractivity (Wildman–Crippen MR) is 63.6 cm³/mol. The highest BCUT2D eigenvalue weighted by Gasteiger charge is 2.26. The van der Waals surface area contributed by atoms with Gasteiger partial charge in [0, 0.05) is 24.0 Å². The van der Waals surface area contributed by atoms with Gasteiger partial charge in [0.15, 0.2) is 0 Å². The lowest BCUT2D eigenvalue weighted by Crippen LogP contribution is -2.35. The highest BCUT2D eigenvalue weighted by atomic mass is 16.2. The molecule has 3 N–H and O–H groups in total. The van der Waals surface area contributed by atoms with Crippen LogP contribution in [0.1, 0.15) is 19.5 Å². The van der Waals surface area contributed by atoms with Crippen LogP contribution in [0.3, 0.4) is 0 Å². The molecule has 1 atom stereocenters. The van der Waals surface area contributed by atoms with Crippen LogP contribution in [0, 0.1) is 0 Å². The number of carbonyl (C=O) groups excluding carboxylic acids is 1. The van der Waals surface area contributed by atoms with Crippen LogP contribution in [0.25, 0.3) is 0 Å². The standard InChI is InChI=1S/C10H14N6O/c1-6(2)15-16-10-13-8(9(17)14-10)3-7-4-11-5-12-7/h4-5,8H,3H2,1-2H3,(H,11,12)(H2,13,14,16,17). The molecule has 7 nitrogen and oxygen atoms in total. The largest absolute Gasteiger partial charge is 0.348 e. The predicted octanol–water partition coefficient (Wildman–Crippen LogP) is -0.208. The molecule has 90 valence electrons. The summed E-state index contributed by atoms with van der Waals surface area (Å²) in [5.74, 6) is 0.256. The Kier molecular flexibility index (Phi) is 3.17. The Labute approximate surface area is 98.4 Å². The van der Waals surface area contributed by atoms with E-state index in [9.17, 15) is 4.79 Å². The number of hydrazone groups is 1. The van der Waals surface area contributed by atoms with Crippen molar-refractivity contribution in [3.8, 4) is 0 Å². The van der Waals surface area contributed by atoms with Gasteiger partial charge in [0.25, 0.3) is 5.91 Å². The minimum absolute atomic E-state index is 0.133. The normalized spacial score (nSPS) is 18.6. The van der Waals surface area contributed by atoms with E-state index in [1.165, 1.54) is 0 Å². The smallest absolute Gasteiger partial charge is 0.252 e. The molecule has 0 bridgehead atoms. The number of imidazole rings is 1. The zero-order valence-corrected chi connectivity index (χ0v) is 9.69. The highest BCUT2D eigenvalue weighted by Crippen LogP contribution is 2.06. The van der Waals surface area contributed by atoms with Crippen molar-refractivity contribution >= 4 is 17.6 Å². The Hall–Kier alpha value is -2.18. The van der Waals surface area contributed by atoms with Crippen LogP contribution in [0.4, 0.5) is 0 Å². The van der Waals surface area contributed by atoms with Crippen LogP contribution < -0.4 is 10.7 Å². The van der Waals surface area contributed by atoms with Crippen LogP contribution in [0.15, 0.2) is 22.6 Å². The minimum Gasteiger partial charge on any atom is -0.348 e. The van der Waals surface area contributed by atoms with Crippen LogP contribution in [-0.2, 0) is 11.2 Å². The maximum atomic E-state index is 11.6. The van der Waals surface area contributed by atoms with Gasteiger partial charge in [-0.05, 0) is 13.8 Å². The van der Waals surface area contributed by atoms with E-state index in [0.717, 1.165) is 11.4 Å². The summed E-state index contributed by atoms with van der Waals surface area (Å²) in [6.07, 6.45) is 3.77. The van der Waals surface area contributed by atoms with Crippen LogP contribution in [0.2, 0.25) is 0 Å². The topological polar surface area (TPSA) is 94.5 Å². The summed E-state index contributed by atoms with van der Waals surface area (Å²) in [7, 11) is 0. The van der Waals surface area contributed by atoms with E-state index in [0.29, 0.717) is 12.4 Å². The summed E-state index contributed by atoms with van der Waals surface area (Å²) >= 11 is 0. The van der Waals surface area contributed by atoms with Gasteiger partial charge in [0.1, 0.15) is 6.04 Å². The molecule has 2 heterocycles. The fraction of sp³-hybridized carbons (Fsp3) is 0.400. The summed E-state index contributed by atoms with van der Waals surface area (Å²) in [6, 6.07) is -0.426. The highest BCUT2D eigenvalue weighted by molar-refractivity contribution is 6.05. The maximum absolute atomic E-state index is 11.6. The lowest BCUT2D eigenvalue weighted by Gasteiger charge is -2.00. The fourth-order valence-corrected chi connectivity index (χ4v) is 1.41. The quantitative estimate of drug-likeness (QED) is 0.499. The molecule has 17 heavy (non-hydrogen) atoms. The van der Waals surface area contributed by atoms with Crippen molar-refractivity contribution in [1.82, 2.24) is 20.7 Å². The first-order valence-electron chi connectivity index (χ1n) is 5.28. The molecule has 0 saturated carbocycles. The molecule has 0 spiro atoms. The molecule has 1 amide bonds. The van der Waals surface area contributed by atoms with Gasteiger partial charge < -0.3 is 4.98 Å². The van der Waals surface area contributed by atoms with Crippen molar-refractivity contribution < 1.29 is 4.79 Å². The van der Waals surface area contributed by atoms with Gasteiger partial charge >= 0.3 is 0 Å². The van der Waals surface area contributed by atoms with Gasteiger partial charge in [-0.15, -0.1) is 0 Å². The number of H-pyrrole nitrogens is 1. The molecule has 7 heteroatoms. The number of rotatable bonds is 3. The summed E-state index contributed by atoms with van der Waals surface area (Å²) in [5, 5.41) is 6.60. The van der Waals surface area contributed by atoms with E-state index < -0.39 is 6.04 Å². The Morgan fingerprint density at radius 2 is 2.41 bits per heavy atom. The van der Waals surface area contributed by atoms with E-state index in [-0.39, 0.29) is 5.91 Å². The molecule has 1 unspecified atom stereocenters. The van der Waals surface area contributed by atoms with Gasteiger partial charge in [0.2, 0.25) is 5.96 Å². The second-order valence-corrected chi connectivity index (χ2v) is 3.93. The van der Waals surface area contributed by atoms with Gasteiger partial charge in [0.05, 0.1) is 6.33 Å². The second-order valence-electron chi connectivity index (χ2n) is 3.93. The first kappa shape index (κ1) is 11.3. The maximum Gasteiger partial charge on any atom is 0.252 e. The first-order valence-corrected chi connectivity index (χ1v) is 5.28. The third kappa shape index (κ3) is 2.90. The molecule has 2 rings (SSSR count). The molecule has 1 aromatic rings. The molecule has 0 aromatic carbocycles. The van der Waals surface area contributed by atoms with Crippen molar-refractivity contribution in [3.05, 3.63) is 18.2 Å². The lowest BCUT2D eigenvalue weighted by atomic mass is 10.2. The number of carbonyl (C=O) groups is 1. The Morgan fingerprint density at radius 1 is 1.59 bits per heavy atom. The van der Waals surface area contributed by atoms with Crippen molar-refractivity contribution in [2.45, 2.75) is 26.3 Å². The average Bonchev–Trinajstić information content (AvgIpc) is 2.87. The van der Waals surface area contributed by atoms with E-state index in [1.54, 1.807) is 12.5 Å². The second kappa shape index (κ2) is 4.77. The molecule has 0 fully saturated rings. The van der Waals surface area contributed by atoms with E-state index in [2.05, 4.69) is 30.8 Å².